The average Bonchev–Trinajstić information content (AvgIpc) is 2.47. The van der Waals surface area contributed by atoms with Gasteiger partial charge in [0.1, 0.15) is 5.65 Å². The maximum absolute atomic E-state index is 12.2. The topological polar surface area (TPSA) is 60.7 Å². The second kappa shape index (κ2) is 4.85. The molecule has 100 valence electrons. The molecule has 0 spiro atoms. The molecule has 0 saturated carbocycles. The van der Waals surface area contributed by atoms with Gasteiger partial charge in [0.2, 0.25) is 0 Å². The summed E-state index contributed by atoms with van der Waals surface area (Å²) < 4.78 is 1.53. The Labute approximate surface area is 116 Å². The van der Waals surface area contributed by atoms with Crippen molar-refractivity contribution in [3.63, 3.8) is 0 Å². The van der Waals surface area contributed by atoms with E-state index >= 15 is 0 Å². The lowest BCUT2D eigenvalue weighted by molar-refractivity contribution is 0.795. The molecule has 5 nitrogen and oxygen atoms in total. The number of hydrogen-bond donors (Lipinski definition) is 0. The minimum absolute atomic E-state index is 0.206. The van der Waals surface area contributed by atoms with E-state index in [1.165, 1.54) is 4.57 Å². The van der Waals surface area contributed by atoms with Crippen molar-refractivity contribution in [3.8, 4) is 5.69 Å². The second-order valence-electron chi connectivity index (χ2n) is 4.85. The van der Waals surface area contributed by atoms with Crippen molar-refractivity contribution in [1.29, 1.82) is 0 Å². The van der Waals surface area contributed by atoms with Gasteiger partial charge in [-0.3, -0.25) is 4.98 Å². The molecule has 0 aliphatic heterocycles. The molecule has 0 amide bonds. The van der Waals surface area contributed by atoms with E-state index in [9.17, 15) is 4.79 Å². The van der Waals surface area contributed by atoms with Gasteiger partial charge in [-0.15, -0.1) is 0 Å². The Balaban J connectivity index is 2.41. The van der Waals surface area contributed by atoms with E-state index in [0.29, 0.717) is 5.65 Å². The molecular weight excluding hydrogens is 252 g/mol. The summed E-state index contributed by atoms with van der Waals surface area (Å²) in [7, 11) is 0. The van der Waals surface area contributed by atoms with Crippen LogP contribution in [0.15, 0.2) is 47.7 Å². The number of pyridine rings is 2. The molecule has 0 aliphatic rings. The Morgan fingerprint density at radius 2 is 1.80 bits per heavy atom. The van der Waals surface area contributed by atoms with Crippen LogP contribution in [0.25, 0.3) is 16.7 Å². The van der Waals surface area contributed by atoms with Crippen LogP contribution in [0, 0.1) is 0 Å². The summed E-state index contributed by atoms with van der Waals surface area (Å²) in [4.78, 5) is 24.8. The molecule has 0 saturated heterocycles. The third kappa shape index (κ3) is 1.97. The Bertz CT molecular complexity index is 823. The summed E-state index contributed by atoms with van der Waals surface area (Å²) in [6.45, 7) is 4.09. The van der Waals surface area contributed by atoms with Crippen LogP contribution < -0.4 is 5.69 Å². The molecule has 0 radical (unpaired) electrons. The van der Waals surface area contributed by atoms with Crippen molar-refractivity contribution in [1.82, 2.24) is 19.5 Å². The highest BCUT2D eigenvalue weighted by Gasteiger charge is 2.14. The van der Waals surface area contributed by atoms with Crippen molar-refractivity contribution in [2.24, 2.45) is 0 Å². The predicted molar refractivity (Wildman–Crippen MR) is 77.0 cm³/mol. The Morgan fingerprint density at radius 1 is 1.05 bits per heavy atom. The molecule has 3 aromatic heterocycles. The number of rotatable bonds is 2. The van der Waals surface area contributed by atoms with E-state index in [4.69, 9.17) is 0 Å². The quantitative estimate of drug-likeness (QED) is 0.714. The third-order valence-corrected chi connectivity index (χ3v) is 3.14. The van der Waals surface area contributed by atoms with Crippen LogP contribution in [0.3, 0.4) is 0 Å². The van der Waals surface area contributed by atoms with Gasteiger partial charge in [-0.05, 0) is 30.2 Å². The van der Waals surface area contributed by atoms with Gasteiger partial charge in [0.25, 0.3) is 0 Å². The number of hydrogen-bond acceptors (Lipinski definition) is 4. The monoisotopic (exact) mass is 266 g/mol. The molecule has 0 aliphatic carbocycles. The van der Waals surface area contributed by atoms with Crippen LogP contribution in [0.4, 0.5) is 0 Å². The molecule has 0 unspecified atom stereocenters. The zero-order chi connectivity index (χ0) is 14.1. The van der Waals surface area contributed by atoms with E-state index < -0.39 is 0 Å². The van der Waals surface area contributed by atoms with E-state index in [0.717, 1.165) is 16.8 Å². The lowest BCUT2D eigenvalue weighted by atomic mass is 10.1. The van der Waals surface area contributed by atoms with E-state index in [-0.39, 0.29) is 11.6 Å². The van der Waals surface area contributed by atoms with Crippen LogP contribution in [-0.4, -0.2) is 19.5 Å². The lowest BCUT2D eigenvalue weighted by Gasteiger charge is -2.14. The van der Waals surface area contributed by atoms with Gasteiger partial charge >= 0.3 is 5.69 Å². The first kappa shape index (κ1) is 12.5. The molecule has 0 N–H and O–H groups in total. The summed E-state index contributed by atoms with van der Waals surface area (Å²) in [5, 5.41) is 0.825. The summed E-state index contributed by atoms with van der Waals surface area (Å²) >= 11 is 0. The fraction of sp³-hybridized carbons (Fsp3) is 0.200. The fourth-order valence-electron chi connectivity index (χ4n) is 2.23. The predicted octanol–water partition coefficient (Wildman–Crippen LogP) is 2.30. The molecule has 0 bridgehead atoms. The van der Waals surface area contributed by atoms with E-state index in [2.05, 4.69) is 15.0 Å². The van der Waals surface area contributed by atoms with Gasteiger partial charge in [-0.25, -0.2) is 19.3 Å². The molecule has 3 aromatic rings. The van der Waals surface area contributed by atoms with Gasteiger partial charge in [-0.1, -0.05) is 13.8 Å². The van der Waals surface area contributed by atoms with Gasteiger partial charge in [0.05, 0.1) is 11.4 Å². The summed E-state index contributed by atoms with van der Waals surface area (Å²) in [5.74, 6) is 0.206. The lowest BCUT2D eigenvalue weighted by Crippen LogP contribution is -2.23. The SMILES string of the molecule is CC(C)c1ncccc1-n1c(=O)ncc2cccnc21. The van der Waals surface area contributed by atoms with Gasteiger partial charge < -0.3 is 0 Å². The maximum Gasteiger partial charge on any atom is 0.353 e. The largest absolute Gasteiger partial charge is 0.353 e. The van der Waals surface area contributed by atoms with E-state index in [1.807, 2.05) is 38.1 Å². The van der Waals surface area contributed by atoms with Crippen molar-refractivity contribution >= 4 is 11.0 Å². The molecule has 3 rings (SSSR count). The van der Waals surface area contributed by atoms with Gasteiger partial charge in [0, 0.05) is 24.0 Å². The summed E-state index contributed by atoms with van der Waals surface area (Å²) in [6.07, 6.45) is 4.95. The minimum Gasteiger partial charge on any atom is -0.259 e. The molecule has 20 heavy (non-hydrogen) atoms. The summed E-state index contributed by atoms with van der Waals surface area (Å²) in [6, 6.07) is 7.40. The van der Waals surface area contributed by atoms with Crippen molar-refractivity contribution < 1.29 is 0 Å². The third-order valence-electron chi connectivity index (χ3n) is 3.14. The van der Waals surface area contributed by atoms with Crippen LogP contribution >= 0.6 is 0 Å². The highest BCUT2D eigenvalue weighted by Crippen LogP contribution is 2.21. The van der Waals surface area contributed by atoms with Crippen LogP contribution in [0.2, 0.25) is 0 Å². The first-order valence-corrected chi connectivity index (χ1v) is 6.46. The number of fused-ring (bicyclic) bond motifs is 1. The highest BCUT2D eigenvalue weighted by molar-refractivity contribution is 5.75. The maximum atomic E-state index is 12.2. The van der Waals surface area contributed by atoms with Gasteiger partial charge in [-0.2, -0.15) is 0 Å². The molecule has 3 heterocycles. The van der Waals surface area contributed by atoms with Crippen molar-refractivity contribution in [3.05, 3.63) is 59.0 Å². The highest BCUT2D eigenvalue weighted by atomic mass is 16.1. The molecular formula is C15H14N4O. The molecule has 5 heteroatoms. The Hall–Kier alpha value is -2.56. The molecule has 0 fully saturated rings. The standard InChI is InChI=1S/C15H14N4O/c1-10(2)13-12(6-4-7-16-13)19-14-11(5-3-8-17-14)9-18-15(19)20/h3-10H,1-2H3. The summed E-state index contributed by atoms with van der Waals surface area (Å²) in [5.41, 5.74) is 1.85. The number of aromatic nitrogens is 4. The minimum atomic E-state index is -0.342. The second-order valence-corrected chi connectivity index (χ2v) is 4.85. The van der Waals surface area contributed by atoms with E-state index in [1.54, 1.807) is 18.6 Å². The first-order valence-electron chi connectivity index (χ1n) is 6.46. The molecule has 0 atom stereocenters. The first-order chi connectivity index (χ1) is 9.68. The zero-order valence-electron chi connectivity index (χ0n) is 11.3. The van der Waals surface area contributed by atoms with Crippen molar-refractivity contribution in [2.75, 3.05) is 0 Å². The van der Waals surface area contributed by atoms with Crippen LogP contribution in [0.5, 0.6) is 0 Å². The Kier molecular flexibility index (Phi) is 3.02. The normalized spacial score (nSPS) is 11.2. The van der Waals surface area contributed by atoms with Crippen molar-refractivity contribution in [2.45, 2.75) is 19.8 Å². The van der Waals surface area contributed by atoms with Crippen LogP contribution in [0.1, 0.15) is 25.5 Å². The smallest absolute Gasteiger partial charge is 0.259 e. The number of nitrogens with zero attached hydrogens (tertiary/aromatic N) is 4. The Morgan fingerprint density at radius 3 is 2.60 bits per heavy atom. The van der Waals surface area contributed by atoms with Gasteiger partial charge in [0.15, 0.2) is 0 Å². The van der Waals surface area contributed by atoms with Crippen LogP contribution in [-0.2, 0) is 0 Å². The average molecular weight is 266 g/mol. The fourth-order valence-corrected chi connectivity index (χ4v) is 2.23. The molecule has 0 aromatic carbocycles. The zero-order valence-corrected chi connectivity index (χ0v) is 11.3.